The molecule has 0 saturated carbocycles. The number of hydrogen-bond acceptors (Lipinski definition) is 3. The summed E-state index contributed by atoms with van der Waals surface area (Å²) in [6, 6.07) is 11.4. The van der Waals surface area contributed by atoms with Gasteiger partial charge in [0, 0.05) is 28.6 Å². The molecule has 6 heteroatoms. The number of carboxylic acid groups (broad SMARTS) is 1. The first-order chi connectivity index (χ1) is 15.1. The van der Waals surface area contributed by atoms with Gasteiger partial charge in [-0.1, -0.05) is 40.2 Å². The minimum atomic E-state index is -0.873. The van der Waals surface area contributed by atoms with E-state index in [9.17, 15) is 24.5 Å². The maximum atomic E-state index is 13.7. The van der Waals surface area contributed by atoms with Gasteiger partial charge in [0.2, 0.25) is 0 Å². The van der Waals surface area contributed by atoms with Crippen molar-refractivity contribution in [3.8, 4) is 11.4 Å². The number of carbonyl (C=O) groups is 1. The van der Waals surface area contributed by atoms with Crippen LogP contribution < -0.4 is 0 Å². The lowest BCUT2D eigenvalue weighted by Crippen LogP contribution is -2.32. The number of hydrogen-bond donors (Lipinski definition) is 3. The van der Waals surface area contributed by atoms with Crippen LogP contribution in [-0.4, -0.2) is 32.5 Å². The molecule has 1 atom stereocenters. The number of aliphatic hydroxyl groups excluding tert-OH is 1. The van der Waals surface area contributed by atoms with E-state index in [2.05, 4.69) is 6.92 Å². The minimum Gasteiger partial charge on any atom is -0.507 e. The summed E-state index contributed by atoms with van der Waals surface area (Å²) in [6.45, 7) is 7.78. The van der Waals surface area contributed by atoms with Crippen LogP contribution in [0.5, 0.6) is 5.75 Å². The Hall–Kier alpha value is -2.86. The molecule has 3 N–H and O–H groups in total. The first kappa shape index (κ1) is 23.8. The number of benzene rings is 2. The van der Waals surface area contributed by atoms with E-state index in [1.165, 1.54) is 12.1 Å². The van der Waals surface area contributed by atoms with Gasteiger partial charge in [0.05, 0.1) is 12.1 Å². The fourth-order valence-corrected chi connectivity index (χ4v) is 4.79. The van der Waals surface area contributed by atoms with Gasteiger partial charge in [-0.15, -0.1) is 0 Å². The molecule has 2 aromatic carbocycles. The molecule has 0 aliphatic heterocycles. The van der Waals surface area contributed by atoms with Crippen LogP contribution in [-0.2, 0) is 15.6 Å². The van der Waals surface area contributed by atoms with Crippen molar-refractivity contribution >= 4 is 16.9 Å². The van der Waals surface area contributed by atoms with Gasteiger partial charge in [0.1, 0.15) is 11.6 Å². The zero-order valence-electron chi connectivity index (χ0n) is 19.2. The number of rotatable bonds is 9. The normalized spacial score (nSPS) is 13.9. The van der Waals surface area contributed by atoms with Crippen molar-refractivity contribution in [1.82, 2.24) is 4.57 Å². The van der Waals surface area contributed by atoms with Crippen LogP contribution in [0.2, 0.25) is 0 Å². The number of halogens is 1. The number of aromatic hydroxyl groups is 1. The number of aliphatic hydroxyl groups is 1. The summed E-state index contributed by atoms with van der Waals surface area (Å²) in [6.07, 6.45) is 1.92. The maximum Gasteiger partial charge on any atom is 0.303 e. The van der Waals surface area contributed by atoms with Gasteiger partial charge in [0.25, 0.3) is 0 Å². The van der Waals surface area contributed by atoms with Crippen LogP contribution in [0.15, 0.2) is 42.5 Å². The average molecular weight is 442 g/mol. The van der Waals surface area contributed by atoms with E-state index in [4.69, 9.17) is 0 Å². The summed E-state index contributed by atoms with van der Waals surface area (Å²) in [5, 5.41) is 31.4. The molecule has 5 nitrogen and oxygen atoms in total. The third-order valence-electron chi connectivity index (χ3n) is 6.39. The number of phenolic OH excluding ortho intramolecular Hbond substituents is 1. The molecule has 0 amide bonds. The van der Waals surface area contributed by atoms with Crippen LogP contribution in [0.3, 0.4) is 0 Å². The summed E-state index contributed by atoms with van der Waals surface area (Å²) in [4.78, 5) is 11.5. The van der Waals surface area contributed by atoms with Crippen molar-refractivity contribution in [2.24, 2.45) is 0 Å². The quantitative estimate of drug-likeness (QED) is 0.400. The second kappa shape index (κ2) is 8.94. The van der Waals surface area contributed by atoms with Crippen molar-refractivity contribution in [2.45, 2.75) is 64.2 Å². The molecule has 3 aromatic rings. The average Bonchev–Trinajstić information content (AvgIpc) is 3.11. The van der Waals surface area contributed by atoms with Crippen molar-refractivity contribution in [3.05, 3.63) is 59.5 Å². The number of aliphatic carboxylic acids is 1. The standard InChI is InChI=1S/C26H32FNO4/c1-5-14-26(4,15-13-21(31)32)23-22-19(7-6-8-20(22)30)28(24(23)25(2,3)16-29)18-11-9-17(27)10-12-18/h6-12,29-30H,5,13-16H2,1-4H3,(H,31,32)/t26-/m1/s1. The molecule has 32 heavy (non-hydrogen) atoms. The first-order valence-electron chi connectivity index (χ1n) is 11.0. The second-order valence-electron chi connectivity index (χ2n) is 9.45. The Morgan fingerprint density at radius 1 is 1.06 bits per heavy atom. The SMILES string of the molecule is CCC[C@](C)(CCC(=O)O)c1c(C(C)(C)CO)n(-c2ccc(F)cc2)c2cccc(O)c12. The lowest BCUT2D eigenvalue weighted by atomic mass is 9.70. The Labute approximate surface area is 188 Å². The Bertz CT molecular complexity index is 1120. The van der Waals surface area contributed by atoms with Crippen molar-refractivity contribution in [3.63, 3.8) is 0 Å². The Morgan fingerprint density at radius 3 is 2.28 bits per heavy atom. The molecule has 0 saturated heterocycles. The Balaban J connectivity index is 2.50. The van der Waals surface area contributed by atoms with Gasteiger partial charge in [-0.05, 0) is 60.2 Å². The maximum absolute atomic E-state index is 13.7. The summed E-state index contributed by atoms with van der Waals surface area (Å²) < 4.78 is 15.7. The molecule has 0 aliphatic carbocycles. The van der Waals surface area contributed by atoms with Gasteiger partial charge in [-0.3, -0.25) is 4.79 Å². The van der Waals surface area contributed by atoms with Gasteiger partial charge >= 0.3 is 5.97 Å². The largest absolute Gasteiger partial charge is 0.507 e. The van der Waals surface area contributed by atoms with Gasteiger partial charge < -0.3 is 19.9 Å². The molecular weight excluding hydrogens is 409 g/mol. The fraction of sp³-hybridized carbons (Fsp3) is 0.423. The number of phenols is 1. The van der Waals surface area contributed by atoms with E-state index in [-0.39, 0.29) is 24.6 Å². The number of nitrogens with zero attached hydrogens (tertiary/aromatic N) is 1. The van der Waals surface area contributed by atoms with Crippen molar-refractivity contribution in [2.75, 3.05) is 6.61 Å². The van der Waals surface area contributed by atoms with E-state index >= 15 is 0 Å². The monoisotopic (exact) mass is 441 g/mol. The lowest BCUT2D eigenvalue weighted by molar-refractivity contribution is -0.137. The summed E-state index contributed by atoms with van der Waals surface area (Å²) in [7, 11) is 0. The predicted molar refractivity (Wildman–Crippen MR) is 124 cm³/mol. The molecule has 3 rings (SSSR count). The molecule has 0 aliphatic rings. The third-order valence-corrected chi connectivity index (χ3v) is 6.39. The van der Waals surface area contributed by atoms with E-state index in [1.54, 1.807) is 24.3 Å². The number of carboxylic acids is 1. The van der Waals surface area contributed by atoms with Crippen LogP contribution in [0.25, 0.3) is 16.6 Å². The highest BCUT2D eigenvalue weighted by atomic mass is 19.1. The summed E-state index contributed by atoms with van der Waals surface area (Å²) in [5.41, 5.74) is 1.81. The zero-order chi connectivity index (χ0) is 23.7. The van der Waals surface area contributed by atoms with Crippen LogP contribution in [0, 0.1) is 5.82 Å². The second-order valence-corrected chi connectivity index (χ2v) is 9.45. The molecule has 0 unspecified atom stereocenters. The third kappa shape index (κ3) is 4.24. The zero-order valence-corrected chi connectivity index (χ0v) is 19.2. The van der Waals surface area contributed by atoms with Crippen molar-refractivity contribution in [1.29, 1.82) is 0 Å². The molecular formula is C26H32FNO4. The minimum absolute atomic E-state index is 0.00763. The summed E-state index contributed by atoms with van der Waals surface area (Å²) in [5.74, 6) is -1.12. The molecule has 1 heterocycles. The first-order valence-corrected chi connectivity index (χ1v) is 11.0. The molecule has 0 spiro atoms. The van der Waals surface area contributed by atoms with Crippen LogP contribution >= 0.6 is 0 Å². The van der Waals surface area contributed by atoms with E-state index in [0.29, 0.717) is 23.9 Å². The highest BCUT2D eigenvalue weighted by Crippen LogP contribution is 2.49. The number of aromatic nitrogens is 1. The topological polar surface area (TPSA) is 82.7 Å². The summed E-state index contributed by atoms with van der Waals surface area (Å²) >= 11 is 0. The smallest absolute Gasteiger partial charge is 0.303 e. The Kier molecular flexibility index (Phi) is 6.65. The van der Waals surface area contributed by atoms with Gasteiger partial charge in [-0.2, -0.15) is 0 Å². The molecule has 0 radical (unpaired) electrons. The van der Waals surface area contributed by atoms with Gasteiger partial charge in [0.15, 0.2) is 0 Å². The van der Waals surface area contributed by atoms with Crippen LogP contribution in [0.1, 0.15) is 64.6 Å². The molecule has 1 aromatic heterocycles. The van der Waals surface area contributed by atoms with E-state index in [1.807, 2.05) is 31.4 Å². The highest BCUT2D eigenvalue weighted by Gasteiger charge is 2.40. The highest BCUT2D eigenvalue weighted by molar-refractivity contribution is 5.94. The van der Waals surface area contributed by atoms with Crippen LogP contribution in [0.4, 0.5) is 4.39 Å². The van der Waals surface area contributed by atoms with E-state index in [0.717, 1.165) is 23.2 Å². The number of fused-ring (bicyclic) bond motifs is 1. The lowest BCUT2D eigenvalue weighted by Gasteiger charge is -2.35. The molecule has 0 fully saturated rings. The van der Waals surface area contributed by atoms with Gasteiger partial charge in [-0.25, -0.2) is 4.39 Å². The van der Waals surface area contributed by atoms with Crippen molar-refractivity contribution < 1.29 is 24.5 Å². The predicted octanol–water partition coefficient (Wildman–Crippen LogP) is 5.67. The fourth-order valence-electron chi connectivity index (χ4n) is 4.79. The molecule has 0 bridgehead atoms. The van der Waals surface area contributed by atoms with E-state index < -0.39 is 16.8 Å². The Morgan fingerprint density at radius 2 is 1.72 bits per heavy atom. The molecule has 172 valence electrons.